The molecule has 1 N–H and O–H groups in total. The highest BCUT2D eigenvalue weighted by Gasteiger charge is 2.21. The van der Waals surface area contributed by atoms with Gasteiger partial charge in [0.25, 0.3) is 0 Å². The summed E-state index contributed by atoms with van der Waals surface area (Å²) in [6, 6.07) is 8.27. The summed E-state index contributed by atoms with van der Waals surface area (Å²) in [7, 11) is 1.63. The van der Waals surface area contributed by atoms with Crippen LogP contribution in [0.5, 0.6) is 5.75 Å². The summed E-state index contributed by atoms with van der Waals surface area (Å²) in [6.45, 7) is 0.632. The maximum Gasteiger partial charge on any atom is 0.240 e. The van der Waals surface area contributed by atoms with Crippen molar-refractivity contribution in [3.8, 4) is 17.1 Å². The second-order valence-electron chi connectivity index (χ2n) is 4.37. The Hall–Kier alpha value is -1.88. The van der Waals surface area contributed by atoms with E-state index in [0.29, 0.717) is 24.3 Å². The first-order valence-corrected chi connectivity index (χ1v) is 6.06. The molecule has 1 fully saturated rings. The van der Waals surface area contributed by atoms with E-state index in [0.717, 1.165) is 11.3 Å². The number of hydrogen-bond donors (Lipinski definition) is 1. The van der Waals surface area contributed by atoms with Gasteiger partial charge in [0, 0.05) is 6.04 Å². The monoisotopic (exact) mass is 245 g/mol. The van der Waals surface area contributed by atoms with Gasteiger partial charge in [0.15, 0.2) is 0 Å². The lowest BCUT2D eigenvalue weighted by Gasteiger charge is -2.03. The van der Waals surface area contributed by atoms with Gasteiger partial charge in [0.05, 0.1) is 19.2 Å². The van der Waals surface area contributed by atoms with E-state index in [4.69, 9.17) is 9.26 Å². The van der Waals surface area contributed by atoms with Crippen LogP contribution >= 0.6 is 0 Å². The maximum atomic E-state index is 5.28. The molecule has 5 heteroatoms. The zero-order chi connectivity index (χ0) is 12.4. The average molecular weight is 245 g/mol. The zero-order valence-electron chi connectivity index (χ0n) is 10.2. The van der Waals surface area contributed by atoms with Gasteiger partial charge < -0.3 is 14.6 Å². The highest BCUT2D eigenvalue weighted by atomic mass is 16.5. The second-order valence-corrected chi connectivity index (χ2v) is 4.37. The van der Waals surface area contributed by atoms with Gasteiger partial charge in [0.2, 0.25) is 11.7 Å². The third-order valence-corrected chi connectivity index (χ3v) is 2.94. The topological polar surface area (TPSA) is 60.2 Å². The first-order valence-electron chi connectivity index (χ1n) is 6.06. The molecule has 0 bridgehead atoms. The van der Waals surface area contributed by atoms with Crippen molar-refractivity contribution in [2.75, 3.05) is 7.11 Å². The standard InChI is InChI=1S/C13H15N3O2/c1-17-11-5-3-2-4-10(11)13-15-12(18-16-13)8-14-9-6-7-9/h2-5,9,14H,6-8H2,1H3. The minimum atomic E-state index is 0.569. The summed E-state index contributed by atoms with van der Waals surface area (Å²) in [6.07, 6.45) is 2.49. The van der Waals surface area contributed by atoms with E-state index >= 15 is 0 Å². The number of ether oxygens (including phenoxy) is 1. The number of benzene rings is 1. The number of rotatable bonds is 5. The van der Waals surface area contributed by atoms with Crippen molar-refractivity contribution in [2.45, 2.75) is 25.4 Å². The van der Waals surface area contributed by atoms with E-state index in [1.165, 1.54) is 12.8 Å². The lowest BCUT2D eigenvalue weighted by atomic mass is 10.2. The average Bonchev–Trinajstić information content (AvgIpc) is 3.13. The summed E-state index contributed by atoms with van der Waals surface area (Å²) in [4.78, 5) is 4.37. The van der Waals surface area contributed by atoms with Crippen LogP contribution in [0.3, 0.4) is 0 Å². The number of para-hydroxylation sites is 1. The van der Waals surface area contributed by atoms with Gasteiger partial charge in [-0.2, -0.15) is 4.98 Å². The van der Waals surface area contributed by atoms with Gasteiger partial charge in [-0.15, -0.1) is 0 Å². The normalized spacial score (nSPS) is 14.7. The van der Waals surface area contributed by atoms with Crippen LogP contribution in [-0.4, -0.2) is 23.3 Å². The van der Waals surface area contributed by atoms with Crippen LogP contribution in [-0.2, 0) is 6.54 Å². The zero-order valence-corrected chi connectivity index (χ0v) is 10.2. The molecule has 5 nitrogen and oxygen atoms in total. The molecule has 1 aromatic heterocycles. The smallest absolute Gasteiger partial charge is 0.240 e. The third kappa shape index (κ3) is 2.36. The molecule has 1 saturated carbocycles. The molecule has 0 spiro atoms. The fourth-order valence-electron chi connectivity index (χ4n) is 1.78. The van der Waals surface area contributed by atoms with Gasteiger partial charge >= 0.3 is 0 Å². The molecule has 1 aromatic carbocycles. The molecule has 94 valence electrons. The van der Waals surface area contributed by atoms with Crippen LogP contribution in [0.2, 0.25) is 0 Å². The van der Waals surface area contributed by atoms with Crippen molar-refractivity contribution in [2.24, 2.45) is 0 Å². The number of aromatic nitrogens is 2. The predicted octanol–water partition coefficient (Wildman–Crippen LogP) is 2.00. The summed E-state index contributed by atoms with van der Waals surface area (Å²) in [5, 5.41) is 7.33. The summed E-state index contributed by atoms with van der Waals surface area (Å²) >= 11 is 0. The Bertz CT molecular complexity index is 535. The minimum Gasteiger partial charge on any atom is -0.496 e. The van der Waals surface area contributed by atoms with Gasteiger partial charge in [0.1, 0.15) is 5.75 Å². The summed E-state index contributed by atoms with van der Waals surface area (Å²) in [5.41, 5.74) is 0.849. The van der Waals surface area contributed by atoms with Crippen LogP contribution in [0.4, 0.5) is 0 Å². The fourth-order valence-corrected chi connectivity index (χ4v) is 1.78. The molecule has 0 unspecified atom stereocenters. The van der Waals surface area contributed by atoms with E-state index in [-0.39, 0.29) is 0 Å². The Labute approximate surface area is 105 Å². The number of nitrogens with one attached hydrogen (secondary N) is 1. The van der Waals surface area contributed by atoms with E-state index in [9.17, 15) is 0 Å². The molecule has 0 radical (unpaired) electrons. The van der Waals surface area contributed by atoms with E-state index in [1.54, 1.807) is 7.11 Å². The van der Waals surface area contributed by atoms with Crippen molar-refractivity contribution in [3.63, 3.8) is 0 Å². The van der Waals surface area contributed by atoms with E-state index in [2.05, 4.69) is 15.5 Å². The molecule has 1 aliphatic carbocycles. The first kappa shape index (κ1) is 11.2. The molecular weight excluding hydrogens is 230 g/mol. The van der Waals surface area contributed by atoms with Crippen molar-refractivity contribution in [3.05, 3.63) is 30.2 Å². The molecule has 0 amide bonds. The quantitative estimate of drug-likeness (QED) is 0.873. The van der Waals surface area contributed by atoms with Crippen LogP contribution in [0, 0.1) is 0 Å². The Kier molecular flexibility index (Phi) is 2.98. The summed E-state index contributed by atoms with van der Waals surface area (Å²) in [5.74, 6) is 1.93. The highest BCUT2D eigenvalue weighted by molar-refractivity contribution is 5.63. The molecule has 2 aromatic rings. The van der Waals surface area contributed by atoms with Crippen molar-refractivity contribution in [1.29, 1.82) is 0 Å². The largest absolute Gasteiger partial charge is 0.496 e. The Morgan fingerprint density at radius 2 is 2.22 bits per heavy atom. The summed E-state index contributed by atoms with van der Waals surface area (Å²) < 4.78 is 10.5. The van der Waals surface area contributed by atoms with Gasteiger partial charge in [-0.3, -0.25) is 0 Å². The SMILES string of the molecule is COc1ccccc1-c1noc(CNC2CC2)n1. The third-order valence-electron chi connectivity index (χ3n) is 2.94. The van der Waals surface area contributed by atoms with E-state index in [1.807, 2.05) is 24.3 Å². The van der Waals surface area contributed by atoms with E-state index < -0.39 is 0 Å². The Balaban J connectivity index is 1.78. The Morgan fingerprint density at radius 1 is 1.39 bits per heavy atom. The molecule has 0 aliphatic heterocycles. The lowest BCUT2D eigenvalue weighted by Crippen LogP contribution is -2.15. The van der Waals surface area contributed by atoms with Gasteiger partial charge in [-0.25, -0.2) is 0 Å². The lowest BCUT2D eigenvalue weighted by molar-refractivity contribution is 0.367. The van der Waals surface area contributed by atoms with Crippen LogP contribution in [0.25, 0.3) is 11.4 Å². The van der Waals surface area contributed by atoms with Crippen molar-refractivity contribution >= 4 is 0 Å². The number of nitrogens with zero attached hydrogens (tertiary/aromatic N) is 2. The van der Waals surface area contributed by atoms with Crippen molar-refractivity contribution in [1.82, 2.24) is 15.5 Å². The van der Waals surface area contributed by atoms with Crippen LogP contribution in [0.15, 0.2) is 28.8 Å². The molecule has 0 atom stereocenters. The molecule has 1 heterocycles. The fraction of sp³-hybridized carbons (Fsp3) is 0.385. The molecule has 18 heavy (non-hydrogen) atoms. The molecular formula is C13H15N3O2. The van der Waals surface area contributed by atoms with Crippen LogP contribution in [0.1, 0.15) is 18.7 Å². The number of methoxy groups -OCH3 is 1. The van der Waals surface area contributed by atoms with Crippen LogP contribution < -0.4 is 10.1 Å². The van der Waals surface area contributed by atoms with Gasteiger partial charge in [-0.05, 0) is 25.0 Å². The highest BCUT2D eigenvalue weighted by Crippen LogP contribution is 2.27. The minimum absolute atomic E-state index is 0.569. The molecule has 1 aliphatic rings. The Morgan fingerprint density at radius 3 is 3.00 bits per heavy atom. The van der Waals surface area contributed by atoms with Crippen molar-refractivity contribution < 1.29 is 9.26 Å². The predicted molar refractivity (Wildman–Crippen MR) is 66.1 cm³/mol. The number of hydrogen-bond acceptors (Lipinski definition) is 5. The second kappa shape index (κ2) is 4.78. The van der Waals surface area contributed by atoms with Gasteiger partial charge in [-0.1, -0.05) is 17.3 Å². The first-order chi connectivity index (χ1) is 8.86. The molecule has 0 saturated heterocycles. The maximum absolute atomic E-state index is 5.28. The molecule has 3 rings (SSSR count).